The van der Waals surface area contributed by atoms with Gasteiger partial charge in [0.05, 0.1) is 5.56 Å². The van der Waals surface area contributed by atoms with Gasteiger partial charge in [0.15, 0.2) is 0 Å². The summed E-state index contributed by atoms with van der Waals surface area (Å²) in [7, 11) is 1.90. The van der Waals surface area contributed by atoms with E-state index < -0.39 is 11.7 Å². The van der Waals surface area contributed by atoms with Gasteiger partial charge in [0.25, 0.3) is 5.91 Å². The first-order chi connectivity index (χ1) is 16.7. The van der Waals surface area contributed by atoms with Gasteiger partial charge in [0.1, 0.15) is 12.4 Å². The van der Waals surface area contributed by atoms with Crippen LogP contribution in [0.15, 0.2) is 36.4 Å². The second-order valence-corrected chi connectivity index (χ2v) is 9.52. The summed E-state index contributed by atoms with van der Waals surface area (Å²) in [6.07, 6.45) is -1.25. The molecular formula is C27H34F3N3O2. The van der Waals surface area contributed by atoms with Gasteiger partial charge in [-0.25, -0.2) is 0 Å². The summed E-state index contributed by atoms with van der Waals surface area (Å²) in [5, 5.41) is 3.09. The molecule has 2 heterocycles. The zero-order valence-corrected chi connectivity index (χ0v) is 20.6. The molecule has 2 aromatic rings. The molecule has 190 valence electrons. The van der Waals surface area contributed by atoms with Gasteiger partial charge in [-0.05, 0) is 87.2 Å². The molecule has 1 unspecified atom stereocenters. The number of piperidine rings is 1. The Kier molecular flexibility index (Phi) is 7.71. The van der Waals surface area contributed by atoms with Gasteiger partial charge >= 0.3 is 6.18 Å². The van der Waals surface area contributed by atoms with Crippen molar-refractivity contribution in [3.8, 4) is 5.75 Å². The third-order valence-electron chi connectivity index (χ3n) is 7.44. The fourth-order valence-electron chi connectivity index (χ4n) is 5.35. The van der Waals surface area contributed by atoms with Gasteiger partial charge in [0, 0.05) is 43.8 Å². The summed E-state index contributed by atoms with van der Waals surface area (Å²) < 4.78 is 44.5. The fraction of sp³-hybridized carbons (Fsp3) is 0.519. The molecule has 2 fully saturated rings. The van der Waals surface area contributed by atoms with E-state index in [9.17, 15) is 18.0 Å². The smallest absolute Gasteiger partial charge is 0.416 e. The van der Waals surface area contributed by atoms with Gasteiger partial charge in [-0.15, -0.1) is 0 Å². The summed E-state index contributed by atoms with van der Waals surface area (Å²) in [5.41, 5.74) is 3.30. The number of fused-ring (bicyclic) bond motifs is 1. The molecule has 35 heavy (non-hydrogen) atoms. The number of rotatable bonds is 6. The second kappa shape index (κ2) is 10.6. The normalized spacial score (nSPS) is 21.0. The van der Waals surface area contributed by atoms with Crippen LogP contribution in [-0.2, 0) is 6.18 Å². The first kappa shape index (κ1) is 25.5. The lowest BCUT2D eigenvalue weighted by Crippen LogP contribution is -2.57. The van der Waals surface area contributed by atoms with E-state index in [0.29, 0.717) is 31.3 Å². The van der Waals surface area contributed by atoms with Gasteiger partial charge < -0.3 is 15.0 Å². The summed E-state index contributed by atoms with van der Waals surface area (Å²) in [6, 6.07) is 9.33. The second-order valence-electron chi connectivity index (χ2n) is 9.52. The molecule has 0 spiro atoms. The zero-order chi connectivity index (χ0) is 25.2. The van der Waals surface area contributed by atoms with Crippen molar-refractivity contribution in [2.45, 2.75) is 51.4 Å². The van der Waals surface area contributed by atoms with E-state index in [2.05, 4.69) is 36.2 Å². The van der Waals surface area contributed by atoms with Crippen molar-refractivity contribution in [3.63, 3.8) is 0 Å². The molecule has 1 amide bonds. The molecule has 2 aliphatic rings. The Labute approximate surface area is 205 Å². The molecule has 8 heteroatoms. The summed E-state index contributed by atoms with van der Waals surface area (Å²) in [6.45, 7) is 7.59. The molecule has 4 rings (SSSR count). The van der Waals surface area contributed by atoms with Crippen LogP contribution in [-0.4, -0.2) is 61.6 Å². The maximum atomic E-state index is 13.0. The number of benzene rings is 2. The molecule has 0 aliphatic carbocycles. The Hall–Kier alpha value is -2.58. The number of carbonyl (C=O) groups is 1. The van der Waals surface area contributed by atoms with E-state index in [1.54, 1.807) is 4.90 Å². The predicted molar refractivity (Wildman–Crippen MR) is 130 cm³/mol. The Bertz CT molecular complexity index is 1040. The Morgan fingerprint density at radius 1 is 1.06 bits per heavy atom. The Morgan fingerprint density at radius 2 is 1.80 bits per heavy atom. The molecule has 2 saturated heterocycles. The lowest BCUT2D eigenvalue weighted by molar-refractivity contribution is -0.137. The maximum absolute atomic E-state index is 13.0. The minimum atomic E-state index is -4.40. The molecule has 2 atom stereocenters. The summed E-state index contributed by atoms with van der Waals surface area (Å²) in [4.78, 5) is 17.4. The van der Waals surface area contributed by atoms with Gasteiger partial charge in [-0.3, -0.25) is 9.69 Å². The number of nitrogens with zero attached hydrogens (tertiary/aromatic N) is 2. The highest BCUT2D eigenvalue weighted by Gasteiger charge is 2.38. The minimum absolute atomic E-state index is 0.199. The van der Waals surface area contributed by atoms with Crippen LogP contribution in [0.4, 0.5) is 13.2 Å². The summed E-state index contributed by atoms with van der Waals surface area (Å²) in [5.74, 6) is 0.719. The highest BCUT2D eigenvalue weighted by Crippen LogP contribution is 2.39. The van der Waals surface area contributed by atoms with Gasteiger partial charge in [-0.2, -0.15) is 13.2 Å². The number of hydrogen-bond acceptors (Lipinski definition) is 4. The largest absolute Gasteiger partial charge is 0.492 e. The number of nitrogens with one attached hydrogen (secondary N) is 1. The first-order valence-electron chi connectivity index (χ1n) is 12.3. The van der Waals surface area contributed by atoms with Crippen LogP contribution in [0.5, 0.6) is 5.75 Å². The van der Waals surface area contributed by atoms with Gasteiger partial charge in [0.2, 0.25) is 0 Å². The van der Waals surface area contributed by atoms with Crippen molar-refractivity contribution in [1.29, 1.82) is 0 Å². The maximum Gasteiger partial charge on any atom is 0.416 e. The molecule has 1 N–H and O–H groups in total. The Morgan fingerprint density at radius 3 is 2.49 bits per heavy atom. The number of hydrogen-bond donors (Lipinski definition) is 1. The van der Waals surface area contributed by atoms with Crippen molar-refractivity contribution in [1.82, 2.24) is 15.1 Å². The number of carbonyl (C=O) groups excluding carboxylic acids is 1. The van der Waals surface area contributed by atoms with Crippen LogP contribution < -0.4 is 10.1 Å². The van der Waals surface area contributed by atoms with Crippen molar-refractivity contribution in [3.05, 3.63) is 64.2 Å². The van der Waals surface area contributed by atoms with Crippen LogP contribution in [0.3, 0.4) is 0 Å². The fourth-order valence-corrected chi connectivity index (χ4v) is 5.35. The summed E-state index contributed by atoms with van der Waals surface area (Å²) >= 11 is 0. The lowest BCUT2D eigenvalue weighted by Gasteiger charge is -2.49. The molecule has 2 aromatic carbocycles. The van der Waals surface area contributed by atoms with Crippen LogP contribution >= 0.6 is 0 Å². The van der Waals surface area contributed by atoms with E-state index >= 15 is 0 Å². The molecule has 0 bridgehead atoms. The quantitative estimate of drug-likeness (QED) is 0.582. The minimum Gasteiger partial charge on any atom is -0.492 e. The predicted octanol–water partition coefficient (Wildman–Crippen LogP) is 4.97. The van der Waals surface area contributed by atoms with E-state index in [1.165, 1.54) is 23.3 Å². The number of alkyl halides is 3. The van der Waals surface area contributed by atoms with Crippen LogP contribution in [0.1, 0.15) is 57.9 Å². The third-order valence-corrected chi connectivity index (χ3v) is 7.44. The van der Waals surface area contributed by atoms with E-state index in [4.69, 9.17) is 4.74 Å². The van der Waals surface area contributed by atoms with Crippen molar-refractivity contribution >= 4 is 5.91 Å². The molecule has 0 aromatic heterocycles. The molecule has 0 saturated carbocycles. The monoisotopic (exact) mass is 489 g/mol. The molecule has 0 radical (unpaired) electrons. The number of likely N-dealkylation sites (N-methyl/N-ethyl adjacent to an activating group) is 1. The van der Waals surface area contributed by atoms with E-state index in [0.717, 1.165) is 55.8 Å². The third kappa shape index (κ3) is 5.48. The number of ether oxygens (including phenoxy) is 1. The topological polar surface area (TPSA) is 44.8 Å². The average molecular weight is 490 g/mol. The van der Waals surface area contributed by atoms with E-state index in [-0.39, 0.29) is 11.9 Å². The highest BCUT2D eigenvalue weighted by molar-refractivity contribution is 5.94. The van der Waals surface area contributed by atoms with Gasteiger partial charge in [-0.1, -0.05) is 6.07 Å². The Balaban J connectivity index is 1.45. The van der Waals surface area contributed by atoms with Crippen LogP contribution in [0.25, 0.3) is 0 Å². The number of halogens is 3. The molecule has 5 nitrogen and oxygen atoms in total. The van der Waals surface area contributed by atoms with Crippen LogP contribution in [0.2, 0.25) is 0 Å². The highest BCUT2D eigenvalue weighted by atomic mass is 19.4. The van der Waals surface area contributed by atoms with Crippen molar-refractivity contribution in [2.75, 3.05) is 39.8 Å². The lowest BCUT2D eigenvalue weighted by atomic mass is 9.86. The average Bonchev–Trinajstić information content (AvgIpc) is 2.85. The zero-order valence-electron chi connectivity index (χ0n) is 20.6. The van der Waals surface area contributed by atoms with Crippen molar-refractivity contribution in [2.24, 2.45) is 0 Å². The standard InChI is InChI=1S/C27H34F3N3O2/c1-18-19(2)25(35-16-13-31-3)12-11-23(18)24-6-4-5-22-17-32(14-15-33(22)24)26(34)20-7-9-21(10-8-20)27(28,29)30/h7-12,22,24,31H,4-6,13-17H2,1-3H3/t22-,24?/m0/s1. The van der Waals surface area contributed by atoms with Crippen molar-refractivity contribution < 1.29 is 22.7 Å². The van der Waals surface area contributed by atoms with Crippen LogP contribution in [0, 0.1) is 13.8 Å². The first-order valence-corrected chi connectivity index (χ1v) is 12.3. The number of piperazine rings is 1. The SMILES string of the molecule is CNCCOc1ccc(C2CCC[C@H]3CN(C(=O)c4ccc(C(F)(F)F)cc4)CCN23)c(C)c1C. The molecular weight excluding hydrogens is 455 g/mol. The number of amides is 1. The van der Waals surface area contributed by atoms with E-state index in [1.807, 2.05) is 7.05 Å². The molecule has 2 aliphatic heterocycles.